The number of aromatic nitrogens is 5. The number of benzene rings is 4. The molecule has 0 spiro atoms. The number of nitrogens with one attached hydrogen (secondary N) is 1. The van der Waals surface area contributed by atoms with Gasteiger partial charge in [-0.15, -0.1) is 0 Å². The zero-order valence-corrected chi connectivity index (χ0v) is 27.3. The Hall–Kier alpha value is -5.82. The first-order valence-corrected chi connectivity index (χ1v) is 16.8. The Morgan fingerprint density at radius 1 is 0.667 bits per heavy atom. The first-order chi connectivity index (χ1) is 23.7. The molecule has 4 aromatic heterocycles. The van der Waals surface area contributed by atoms with Gasteiger partial charge >= 0.3 is 0 Å². The Balaban J connectivity index is 0.859. The van der Waals surface area contributed by atoms with E-state index in [1.807, 2.05) is 30.4 Å². The second-order valence-corrected chi connectivity index (χ2v) is 12.4. The van der Waals surface area contributed by atoms with Gasteiger partial charge in [0.1, 0.15) is 18.2 Å². The van der Waals surface area contributed by atoms with E-state index in [1.165, 1.54) is 43.6 Å². The molecule has 0 bridgehead atoms. The largest absolute Gasteiger partial charge is 0.390 e. The molecule has 238 valence electrons. The molecule has 48 heavy (non-hydrogen) atoms. The number of nitrogens with zero attached hydrogens (tertiary/aromatic N) is 6. The van der Waals surface area contributed by atoms with Crippen LogP contribution < -0.4 is 14.8 Å². The highest BCUT2D eigenvalue weighted by molar-refractivity contribution is 6.08. The van der Waals surface area contributed by atoms with Crippen LogP contribution in [0.2, 0.25) is 0 Å². The molecule has 0 amide bonds. The number of fused-ring (bicyclic) bond motifs is 6. The molecule has 0 saturated heterocycles. The molecule has 7 nitrogen and oxygen atoms in total. The van der Waals surface area contributed by atoms with Crippen LogP contribution in [-0.4, -0.2) is 32.3 Å². The molecule has 0 radical (unpaired) electrons. The number of anilines is 1. The summed E-state index contributed by atoms with van der Waals surface area (Å²) in [4.78, 5) is 6.99. The van der Waals surface area contributed by atoms with Gasteiger partial charge in [0.15, 0.2) is 0 Å². The van der Waals surface area contributed by atoms with Crippen molar-refractivity contribution in [3.05, 3.63) is 146 Å². The number of pyridine rings is 1. The molecule has 4 aromatic carbocycles. The third-order valence-electron chi connectivity index (χ3n) is 9.31. The lowest BCUT2D eigenvalue weighted by Crippen LogP contribution is -2.31. The van der Waals surface area contributed by atoms with Crippen LogP contribution in [0.3, 0.4) is 0 Å². The quantitative estimate of drug-likeness (QED) is 0.110. The van der Waals surface area contributed by atoms with Crippen LogP contribution in [0.5, 0.6) is 0 Å². The monoisotopic (exact) mass is 630 g/mol. The van der Waals surface area contributed by atoms with Gasteiger partial charge in [-0.25, -0.2) is 4.57 Å². The highest BCUT2D eigenvalue weighted by Gasteiger charge is 2.13. The first-order valence-electron chi connectivity index (χ1n) is 16.8. The normalized spacial score (nSPS) is 11.9. The summed E-state index contributed by atoms with van der Waals surface area (Å²) in [6, 6.07) is 41.0. The van der Waals surface area contributed by atoms with E-state index >= 15 is 0 Å². The third-order valence-corrected chi connectivity index (χ3v) is 9.31. The van der Waals surface area contributed by atoms with Crippen LogP contribution in [0, 0.1) is 0 Å². The molecule has 8 rings (SSSR count). The maximum absolute atomic E-state index is 4.94. The Bertz CT molecular complexity index is 2270. The molecule has 1 N–H and O–H groups in total. The predicted octanol–water partition coefficient (Wildman–Crippen LogP) is 8.05. The zero-order chi connectivity index (χ0) is 32.3. The summed E-state index contributed by atoms with van der Waals surface area (Å²) in [6.45, 7) is 3.74. The fourth-order valence-corrected chi connectivity index (χ4v) is 6.98. The molecular formula is C41H40N7+. The smallest absolute Gasteiger partial charge is 0.250 e. The standard InChI is InChI=1S/C41H40N7/c1-44(28-24-42-23-11-26-47-36-17-6-2-13-32(36)33-14-3-7-18-37(33)47)40-21-10-22-41(43-40)46-30-29-45(31-46)25-12-27-48-38-19-8-4-15-34(38)35-16-5-9-20-39(35)48/h2-10,13-22,24,28-31,42H,11-12,23,25-27H2,1H3/q+1/b28-24-. The van der Waals surface area contributed by atoms with Crippen molar-refractivity contribution in [1.29, 1.82) is 0 Å². The van der Waals surface area contributed by atoms with Crippen molar-refractivity contribution in [1.82, 2.24) is 24.0 Å². The Kier molecular flexibility index (Phi) is 8.08. The second kappa shape index (κ2) is 13.1. The molecule has 8 aromatic rings. The lowest BCUT2D eigenvalue weighted by Gasteiger charge is -2.13. The maximum Gasteiger partial charge on any atom is 0.250 e. The van der Waals surface area contributed by atoms with Crippen LogP contribution in [0.25, 0.3) is 49.4 Å². The van der Waals surface area contributed by atoms with E-state index in [2.05, 4.69) is 152 Å². The minimum atomic E-state index is 0.888. The van der Waals surface area contributed by atoms with Crippen LogP contribution >= 0.6 is 0 Å². The predicted molar refractivity (Wildman–Crippen MR) is 197 cm³/mol. The Labute approximate surface area is 280 Å². The SMILES string of the molecule is CN(/C=C\NCCCn1c2ccccc2c2ccccc21)c1cccc(-n2cc[n+](CCCn3c4ccccc4c4ccccc43)c2)n1. The third kappa shape index (κ3) is 5.68. The fourth-order valence-electron chi connectivity index (χ4n) is 6.98. The van der Waals surface area contributed by atoms with Gasteiger partial charge in [-0.3, -0.25) is 0 Å². The van der Waals surface area contributed by atoms with E-state index in [-0.39, 0.29) is 0 Å². The summed E-state index contributed by atoms with van der Waals surface area (Å²) in [6.07, 6.45) is 12.5. The minimum absolute atomic E-state index is 0.888. The maximum atomic E-state index is 4.94. The van der Waals surface area contributed by atoms with Crippen molar-refractivity contribution in [2.24, 2.45) is 0 Å². The average molecular weight is 631 g/mol. The van der Waals surface area contributed by atoms with Crippen LogP contribution in [0.15, 0.2) is 146 Å². The van der Waals surface area contributed by atoms with Crippen molar-refractivity contribution >= 4 is 49.4 Å². The van der Waals surface area contributed by atoms with Crippen LogP contribution in [-0.2, 0) is 19.6 Å². The van der Waals surface area contributed by atoms with Crippen molar-refractivity contribution in [2.45, 2.75) is 32.5 Å². The fraction of sp³-hybridized carbons (Fsp3) is 0.171. The summed E-state index contributed by atoms with van der Waals surface area (Å²) in [5.41, 5.74) is 5.20. The number of hydrogen-bond donors (Lipinski definition) is 1. The number of imidazole rings is 1. The molecule has 0 fully saturated rings. The van der Waals surface area contributed by atoms with E-state index in [0.717, 1.165) is 50.7 Å². The van der Waals surface area contributed by atoms with E-state index in [0.29, 0.717) is 0 Å². The van der Waals surface area contributed by atoms with Crippen molar-refractivity contribution < 1.29 is 4.57 Å². The lowest BCUT2D eigenvalue weighted by molar-refractivity contribution is -0.696. The first kappa shape index (κ1) is 29.6. The van der Waals surface area contributed by atoms with Gasteiger partial charge in [0.05, 0.1) is 6.54 Å². The summed E-state index contributed by atoms with van der Waals surface area (Å²) >= 11 is 0. The van der Waals surface area contributed by atoms with Crippen molar-refractivity contribution in [3.8, 4) is 5.82 Å². The Morgan fingerprint density at radius 3 is 1.79 bits per heavy atom. The zero-order valence-electron chi connectivity index (χ0n) is 27.3. The molecule has 4 heterocycles. The highest BCUT2D eigenvalue weighted by Crippen LogP contribution is 2.30. The number of rotatable bonds is 12. The van der Waals surface area contributed by atoms with Crippen molar-refractivity contribution in [3.63, 3.8) is 0 Å². The van der Waals surface area contributed by atoms with Crippen LogP contribution in [0.1, 0.15) is 12.8 Å². The highest BCUT2D eigenvalue weighted by atomic mass is 15.2. The molecule has 0 saturated carbocycles. The lowest BCUT2D eigenvalue weighted by atomic mass is 10.2. The minimum Gasteiger partial charge on any atom is -0.390 e. The van der Waals surface area contributed by atoms with E-state index in [4.69, 9.17) is 4.98 Å². The average Bonchev–Trinajstić information content (AvgIpc) is 3.83. The van der Waals surface area contributed by atoms with Gasteiger partial charge in [-0.2, -0.15) is 9.55 Å². The summed E-state index contributed by atoms with van der Waals surface area (Å²) in [7, 11) is 2.03. The number of hydrogen-bond acceptors (Lipinski definition) is 3. The van der Waals surface area contributed by atoms with E-state index in [9.17, 15) is 0 Å². The Morgan fingerprint density at radius 2 is 1.21 bits per heavy atom. The molecule has 0 unspecified atom stereocenters. The number of aryl methyl sites for hydroxylation is 3. The molecule has 0 aliphatic heterocycles. The molecule has 0 aliphatic carbocycles. The second-order valence-electron chi connectivity index (χ2n) is 12.4. The van der Waals surface area contributed by atoms with Gasteiger partial charge in [0, 0.05) is 95.2 Å². The van der Waals surface area contributed by atoms with Gasteiger partial charge in [-0.05, 0) is 36.8 Å². The topological polar surface area (TPSA) is 46.8 Å². The van der Waals surface area contributed by atoms with Gasteiger partial charge < -0.3 is 19.4 Å². The molecule has 7 heteroatoms. The summed E-state index contributed by atoms with van der Waals surface area (Å²) in [5.74, 6) is 1.79. The van der Waals surface area contributed by atoms with Gasteiger partial charge in [-0.1, -0.05) is 78.9 Å². The summed E-state index contributed by atoms with van der Waals surface area (Å²) < 4.78 is 9.23. The van der Waals surface area contributed by atoms with Gasteiger partial charge in [0.2, 0.25) is 12.1 Å². The molecule has 0 aliphatic rings. The summed E-state index contributed by atoms with van der Waals surface area (Å²) in [5, 5.41) is 8.76. The molecular weight excluding hydrogens is 591 g/mol. The molecule has 0 atom stereocenters. The van der Waals surface area contributed by atoms with Crippen molar-refractivity contribution in [2.75, 3.05) is 18.5 Å². The van der Waals surface area contributed by atoms with Gasteiger partial charge in [0.25, 0.3) is 0 Å². The van der Waals surface area contributed by atoms with E-state index < -0.39 is 0 Å². The van der Waals surface area contributed by atoms with Crippen LogP contribution in [0.4, 0.5) is 5.82 Å². The van der Waals surface area contributed by atoms with E-state index in [1.54, 1.807) is 0 Å². The number of para-hydroxylation sites is 4.